The number of halogens is 1. The molecule has 1 atom stereocenters. The number of nitro groups is 1. The maximum atomic E-state index is 12.4. The van der Waals surface area contributed by atoms with Crippen molar-refractivity contribution in [2.45, 2.75) is 31.7 Å². The fraction of sp³-hybridized carbons (Fsp3) is 0.643. The Bertz CT molecular complexity index is 537. The maximum absolute atomic E-state index is 12.4. The van der Waals surface area contributed by atoms with Crippen molar-refractivity contribution in [1.82, 2.24) is 10.2 Å². The number of amides is 1. The number of carbonyl (C=O) groups excluding carboxylic acids is 1. The molecule has 3 heterocycles. The number of hydrogen-bond donors (Lipinski definition) is 1. The summed E-state index contributed by atoms with van der Waals surface area (Å²) < 4.78 is 0. The number of thiophene rings is 1. The molecule has 0 bridgehead atoms. The van der Waals surface area contributed by atoms with Gasteiger partial charge in [-0.1, -0.05) is 11.3 Å². The fourth-order valence-electron chi connectivity index (χ4n) is 3.32. The third-order valence-corrected chi connectivity index (χ3v) is 5.50. The molecule has 0 saturated carbocycles. The summed E-state index contributed by atoms with van der Waals surface area (Å²) >= 11 is 0.966. The summed E-state index contributed by atoms with van der Waals surface area (Å²) in [4.78, 5) is 24.9. The summed E-state index contributed by atoms with van der Waals surface area (Å²) in [5, 5.41) is 14.3. The van der Waals surface area contributed by atoms with Gasteiger partial charge < -0.3 is 10.2 Å². The molecule has 3 rings (SSSR count). The van der Waals surface area contributed by atoms with E-state index in [0.717, 1.165) is 43.8 Å². The van der Waals surface area contributed by atoms with Crippen LogP contribution in [0.2, 0.25) is 0 Å². The van der Waals surface area contributed by atoms with Crippen molar-refractivity contribution in [2.24, 2.45) is 5.92 Å². The van der Waals surface area contributed by atoms with Crippen LogP contribution in [0.1, 0.15) is 35.4 Å². The standard InChI is InChI=1S/C14H19N3O3S.ClH/c18-14(12-3-4-13(21-12)17(19)20)16-8-5-10(6-9-16)11-2-1-7-15-11;/h3-4,10-11,15H,1-2,5-9H2;1H. The Labute approximate surface area is 139 Å². The first kappa shape index (κ1) is 17.2. The Kier molecular flexibility index (Phi) is 5.77. The van der Waals surface area contributed by atoms with E-state index in [2.05, 4.69) is 5.32 Å². The van der Waals surface area contributed by atoms with E-state index in [4.69, 9.17) is 0 Å². The normalized spacial score (nSPS) is 22.4. The summed E-state index contributed by atoms with van der Waals surface area (Å²) in [6.45, 7) is 2.63. The van der Waals surface area contributed by atoms with Crippen LogP contribution in [0.3, 0.4) is 0 Å². The van der Waals surface area contributed by atoms with Crippen molar-refractivity contribution < 1.29 is 9.72 Å². The first-order valence-corrected chi connectivity index (χ1v) is 8.23. The zero-order chi connectivity index (χ0) is 14.8. The highest BCUT2D eigenvalue weighted by Crippen LogP contribution is 2.29. The zero-order valence-corrected chi connectivity index (χ0v) is 13.8. The first-order valence-electron chi connectivity index (χ1n) is 7.42. The molecule has 22 heavy (non-hydrogen) atoms. The lowest BCUT2D eigenvalue weighted by molar-refractivity contribution is -0.380. The van der Waals surface area contributed by atoms with E-state index < -0.39 is 4.92 Å². The van der Waals surface area contributed by atoms with E-state index in [0.29, 0.717) is 16.8 Å². The van der Waals surface area contributed by atoms with Crippen LogP contribution in [0, 0.1) is 16.0 Å². The molecule has 2 saturated heterocycles. The highest BCUT2D eigenvalue weighted by Gasteiger charge is 2.30. The first-order chi connectivity index (χ1) is 10.1. The zero-order valence-electron chi connectivity index (χ0n) is 12.2. The van der Waals surface area contributed by atoms with Crippen LogP contribution in [0.4, 0.5) is 5.00 Å². The van der Waals surface area contributed by atoms with Gasteiger partial charge >= 0.3 is 5.00 Å². The second kappa shape index (κ2) is 7.39. The van der Waals surface area contributed by atoms with Gasteiger partial charge in [-0.2, -0.15) is 0 Å². The highest BCUT2D eigenvalue weighted by molar-refractivity contribution is 7.17. The Morgan fingerprint density at radius 1 is 1.32 bits per heavy atom. The SMILES string of the molecule is Cl.O=C(c1ccc([N+](=O)[O-])s1)N1CCC(C2CCCN2)CC1. The molecule has 6 nitrogen and oxygen atoms in total. The van der Waals surface area contributed by atoms with Crippen LogP contribution >= 0.6 is 23.7 Å². The lowest BCUT2D eigenvalue weighted by Gasteiger charge is -2.34. The van der Waals surface area contributed by atoms with Gasteiger partial charge in [0.2, 0.25) is 0 Å². The minimum absolute atomic E-state index is 0. The highest BCUT2D eigenvalue weighted by atomic mass is 35.5. The second-order valence-corrected chi connectivity index (χ2v) is 6.79. The number of likely N-dealkylation sites (tertiary alicyclic amines) is 1. The number of carbonyl (C=O) groups is 1. The van der Waals surface area contributed by atoms with Gasteiger partial charge in [0.05, 0.1) is 9.80 Å². The molecule has 0 aromatic carbocycles. The van der Waals surface area contributed by atoms with Gasteiger partial charge in [-0.15, -0.1) is 12.4 Å². The van der Waals surface area contributed by atoms with Crippen LogP contribution in [0.25, 0.3) is 0 Å². The van der Waals surface area contributed by atoms with Crippen molar-refractivity contribution >= 4 is 34.7 Å². The van der Waals surface area contributed by atoms with Crippen molar-refractivity contribution in [3.05, 3.63) is 27.1 Å². The molecule has 2 fully saturated rings. The molecule has 8 heteroatoms. The summed E-state index contributed by atoms with van der Waals surface area (Å²) in [5.74, 6) is 0.597. The molecule has 1 aromatic rings. The van der Waals surface area contributed by atoms with Gasteiger partial charge in [0.25, 0.3) is 5.91 Å². The van der Waals surface area contributed by atoms with Crippen molar-refractivity contribution in [3.8, 4) is 0 Å². The maximum Gasteiger partial charge on any atom is 0.324 e. The summed E-state index contributed by atoms with van der Waals surface area (Å²) in [6.07, 6.45) is 4.55. The van der Waals surface area contributed by atoms with Gasteiger partial charge in [0.1, 0.15) is 0 Å². The largest absolute Gasteiger partial charge is 0.338 e. The average Bonchev–Trinajstić information content (AvgIpc) is 3.18. The minimum Gasteiger partial charge on any atom is -0.338 e. The van der Waals surface area contributed by atoms with Crippen molar-refractivity contribution in [3.63, 3.8) is 0 Å². The molecule has 122 valence electrons. The van der Waals surface area contributed by atoms with E-state index in [1.165, 1.54) is 18.9 Å². The molecule has 1 N–H and O–H groups in total. The number of piperidine rings is 1. The van der Waals surface area contributed by atoms with Crippen molar-refractivity contribution in [2.75, 3.05) is 19.6 Å². The van der Waals surface area contributed by atoms with Gasteiger partial charge in [0.15, 0.2) is 0 Å². The van der Waals surface area contributed by atoms with E-state index >= 15 is 0 Å². The van der Waals surface area contributed by atoms with Crippen LogP contribution in [0.15, 0.2) is 12.1 Å². The lowest BCUT2D eigenvalue weighted by Crippen LogP contribution is -2.43. The van der Waals surface area contributed by atoms with E-state index in [-0.39, 0.29) is 23.3 Å². The number of hydrogen-bond acceptors (Lipinski definition) is 5. The fourth-order valence-corrected chi connectivity index (χ4v) is 4.10. The molecule has 0 aliphatic carbocycles. The Morgan fingerprint density at radius 2 is 2.05 bits per heavy atom. The van der Waals surface area contributed by atoms with E-state index in [9.17, 15) is 14.9 Å². The van der Waals surface area contributed by atoms with Gasteiger partial charge in [-0.25, -0.2) is 0 Å². The Morgan fingerprint density at radius 3 is 2.59 bits per heavy atom. The van der Waals surface area contributed by atoms with E-state index in [1.54, 1.807) is 6.07 Å². The van der Waals surface area contributed by atoms with Crippen LogP contribution < -0.4 is 5.32 Å². The third-order valence-electron chi connectivity index (χ3n) is 4.48. The smallest absolute Gasteiger partial charge is 0.324 e. The van der Waals surface area contributed by atoms with Gasteiger partial charge in [0, 0.05) is 25.2 Å². The van der Waals surface area contributed by atoms with E-state index in [1.807, 2.05) is 4.90 Å². The van der Waals surface area contributed by atoms with Crippen LogP contribution in [0.5, 0.6) is 0 Å². The average molecular weight is 346 g/mol. The number of nitrogens with zero attached hydrogens (tertiary/aromatic N) is 2. The molecule has 2 aliphatic heterocycles. The topological polar surface area (TPSA) is 75.5 Å². The molecule has 0 spiro atoms. The summed E-state index contributed by atoms with van der Waals surface area (Å²) in [5.41, 5.74) is 0. The molecule has 0 radical (unpaired) electrons. The Balaban J connectivity index is 0.00000176. The predicted molar refractivity (Wildman–Crippen MR) is 87.9 cm³/mol. The summed E-state index contributed by atoms with van der Waals surface area (Å²) in [6, 6.07) is 3.59. The summed E-state index contributed by atoms with van der Waals surface area (Å²) in [7, 11) is 0. The molecular formula is C14H20ClN3O3S. The molecule has 2 aliphatic rings. The molecule has 1 aromatic heterocycles. The van der Waals surface area contributed by atoms with Gasteiger partial charge in [-0.05, 0) is 44.2 Å². The lowest BCUT2D eigenvalue weighted by atomic mass is 9.88. The Hall–Kier alpha value is -1.18. The molecule has 1 unspecified atom stereocenters. The van der Waals surface area contributed by atoms with Crippen LogP contribution in [-0.4, -0.2) is 41.4 Å². The minimum atomic E-state index is -0.445. The number of nitrogens with one attached hydrogen (secondary N) is 1. The van der Waals surface area contributed by atoms with Gasteiger partial charge in [-0.3, -0.25) is 14.9 Å². The molecule has 1 amide bonds. The van der Waals surface area contributed by atoms with Crippen LogP contribution in [-0.2, 0) is 0 Å². The third kappa shape index (κ3) is 3.59. The second-order valence-electron chi connectivity index (χ2n) is 5.73. The number of rotatable bonds is 3. The monoisotopic (exact) mass is 345 g/mol. The van der Waals surface area contributed by atoms with Crippen molar-refractivity contribution in [1.29, 1.82) is 0 Å². The quantitative estimate of drug-likeness (QED) is 0.675. The predicted octanol–water partition coefficient (Wildman–Crippen LogP) is 2.68. The molecular weight excluding hydrogens is 326 g/mol.